The molecule has 8 heteroatoms. The molecule has 0 aliphatic carbocycles. The van der Waals surface area contributed by atoms with Gasteiger partial charge in [-0.05, 0) is 18.6 Å². The van der Waals surface area contributed by atoms with E-state index in [2.05, 4.69) is 37.7 Å². The predicted molar refractivity (Wildman–Crippen MR) is 95.9 cm³/mol. The molecule has 0 spiro atoms. The summed E-state index contributed by atoms with van der Waals surface area (Å²) in [7, 11) is -4.15. The first-order valence-electron chi connectivity index (χ1n) is 7.55. The van der Waals surface area contributed by atoms with E-state index in [1.165, 1.54) is 38.2 Å². The van der Waals surface area contributed by atoms with Crippen molar-refractivity contribution >= 4 is 21.9 Å². The summed E-state index contributed by atoms with van der Waals surface area (Å²) >= 11 is 0. The quantitative estimate of drug-likeness (QED) is 0.349. The number of nitrogens with two attached hydrogens (primary N) is 1. The van der Waals surface area contributed by atoms with Crippen LogP contribution in [0.25, 0.3) is 0 Å². The van der Waals surface area contributed by atoms with Crippen LogP contribution >= 0.6 is 0 Å². The second-order valence-electron chi connectivity index (χ2n) is 4.53. The van der Waals surface area contributed by atoms with Gasteiger partial charge in [-0.15, -0.1) is 0 Å². The summed E-state index contributed by atoms with van der Waals surface area (Å²) < 4.78 is 28.0. The molecular weight excluding hydrogens is 332 g/mol. The van der Waals surface area contributed by atoms with Crippen LogP contribution in [0.4, 0.5) is 0 Å². The summed E-state index contributed by atoms with van der Waals surface area (Å²) in [5.41, 5.74) is 4.53. The maximum atomic E-state index is 10.7. The zero-order valence-electron chi connectivity index (χ0n) is 14.3. The second-order valence-corrected chi connectivity index (χ2v) is 5.85. The smallest absolute Gasteiger partial charge is 0.243 e. The molecule has 0 aliphatic rings. The lowest BCUT2D eigenvalue weighted by molar-refractivity contribution is -0.116. The van der Waals surface area contributed by atoms with Crippen LogP contribution in [0.2, 0.25) is 0 Å². The second kappa shape index (κ2) is 19.1. The zero-order chi connectivity index (χ0) is 19.4. The molecule has 0 aliphatic heterocycles. The molecule has 0 aromatic heterocycles. The normalized spacial score (nSPS) is 9.25. The van der Waals surface area contributed by atoms with Gasteiger partial charge in [-0.25, -0.2) is 8.42 Å². The topological polar surface area (TPSA) is 129 Å². The SMILES string of the molecule is C=CC(=O)NCCCCCCCC.C=CC(N)=O.C=CS(=O)(=O)[O-]. The summed E-state index contributed by atoms with van der Waals surface area (Å²) in [5.74, 6) is -0.543. The number of carbonyl (C=O) groups excluding carboxylic acids is 2. The molecule has 0 bridgehead atoms. The van der Waals surface area contributed by atoms with E-state index in [1.807, 2.05) is 0 Å². The van der Waals surface area contributed by atoms with Gasteiger partial charge < -0.3 is 15.6 Å². The summed E-state index contributed by atoms with van der Waals surface area (Å²) in [6.07, 6.45) is 9.91. The molecule has 0 saturated carbocycles. The Morgan fingerprint density at radius 1 is 1.04 bits per heavy atom. The molecule has 0 rings (SSSR count). The molecule has 0 atom stereocenters. The first kappa shape index (κ1) is 26.9. The van der Waals surface area contributed by atoms with E-state index in [0.717, 1.165) is 19.0 Å². The molecule has 24 heavy (non-hydrogen) atoms. The molecule has 0 aromatic rings. The van der Waals surface area contributed by atoms with E-state index in [0.29, 0.717) is 5.41 Å². The van der Waals surface area contributed by atoms with Gasteiger partial charge in [-0.1, -0.05) is 58.8 Å². The summed E-state index contributed by atoms with van der Waals surface area (Å²) in [5, 5.41) is 3.12. The Kier molecular flexibility index (Phi) is 21.5. The molecular formula is C16H29N2O5S-. The summed E-state index contributed by atoms with van der Waals surface area (Å²) in [6.45, 7) is 12.2. The van der Waals surface area contributed by atoms with Crippen LogP contribution in [0.15, 0.2) is 37.3 Å². The number of carbonyl (C=O) groups is 2. The summed E-state index contributed by atoms with van der Waals surface area (Å²) in [4.78, 5) is 20.2. The van der Waals surface area contributed by atoms with Gasteiger partial charge in [-0.2, -0.15) is 0 Å². The minimum absolute atomic E-state index is 0.0615. The van der Waals surface area contributed by atoms with Gasteiger partial charge in [0, 0.05) is 12.0 Å². The lowest BCUT2D eigenvalue weighted by Gasteiger charge is -2.01. The molecule has 140 valence electrons. The van der Waals surface area contributed by atoms with Crippen molar-refractivity contribution in [1.29, 1.82) is 0 Å². The highest BCUT2D eigenvalue weighted by Gasteiger charge is 1.92. The molecule has 3 N–H and O–H groups in total. The largest absolute Gasteiger partial charge is 0.745 e. The fourth-order valence-electron chi connectivity index (χ4n) is 1.19. The van der Waals surface area contributed by atoms with Crippen LogP contribution in [0.3, 0.4) is 0 Å². The molecule has 0 heterocycles. The van der Waals surface area contributed by atoms with Crippen LogP contribution < -0.4 is 11.1 Å². The van der Waals surface area contributed by atoms with Crippen molar-refractivity contribution in [3.05, 3.63) is 37.3 Å². The van der Waals surface area contributed by atoms with E-state index >= 15 is 0 Å². The Morgan fingerprint density at radius 2 is 1.46 bits per heavy atom. The third kappa shape index (κ3) is 36.9. The van der Waals surface area contributed by atoms with Crippen LogP contribution in [0.5, 0.6) is 0 Å². The highest BCUT2D eigenvalue weighted by Crippen LogP contribution is 2.03. The molecule has 0 fully saturated rings. The van der Waals surface area contributed by atoms with Crippen molar-refractivity contribution < 1.29 is 22.6 Å². The van der Waals surface area contributed by atoms with Crippen LogP contribution in [-0.2, 0) is 19.7 Å². The number of primary amides is 1. The zero-order valence-corrected chi connectivity index (χ0v) is 15.1. The van der Waals surface area contributed by atoms with E-state index < -0.39 is 16.0 Å². The fourth-order valence-corrected chi connectivity index (χ4v) is 1.19. The standard InChI is InChI=1S/C11H21NO.C3H5NO.C2H4O3S/c1-3-5-6-7-8-9-10-12-11(13)4-2;1-2-3(4)5;1-2-6(3,4)5/h4H,2-3,5-10H2,1H3,(H,12,13);2H,1H2,(H2,4,5);2H,1H2,(H,3,4,5)/p-1. The van der Waals surface area contributed by atoms with Gasteiger partial charge in [0.25, 0.3) is 0 Å². The molecule has 7 nitrogen and oxygen atoms in total. The molecule has 0 aromatic carbocycles. The fraction of sp³-hybridized carbons (Fsp3) is 0.500. The van der Waals surface area contributed by atoms with Crippen LogP contribution in [0.1, 0.15) is 45.4 Å². The van der Waals surface area contributed by atoms with Gasteiger partial charge >= 0.3 is 0 Å². The molecule has 0 radical (unpaired) electrons. The lowest BCUT2D eigenvalue weighted by Crippen LogP contribution is -2.21. The highest BCUT2D eigenvalue weighted by molar-refractivity contribution is 7.88. The number of rotatable bonds is 10. The number of nitrogens with one attached hydrogen (secondary N) is 1. The minimum Gasteiger partial charge on any atom is -0.745 e. The number of hydrogen-bond donors (Lipinski definition) is 2. The summed E-state index contributed by atoms with van der Waals surface area (Å²) in [6, 6.07) is 0. The maximum absolute atomic E-state index is 10.7. The Labute approximate surface area is 145 Å². The Morgan fingerprint density at radius 3 is 1.79 bits per heavy atom. The van der Waals surface area contributed by atoms with E-state index in [9.17, 15) is 22.6 Å². The van der Waals surface area contributed by atoms with Crippen molar-refractivity contribution in [2.24, 2.45) is 5.73 Å². The first-order chi connectivity index (χ1) is 11.1. The minimum atomic E-state index is -4.15. The van der Waals surface area contributed by atoms with Crippen molar-refractivity contribution in [2.45, 2.75) is 45.4 Å². The molecule has 0 saturated heterocycles. The van der Waals surface area contributed by atoms with Crippen LogP contribution in [-0.4, -0.2) is 31.3 Å². The first-order valence-corrected chi connectivity index (χ1v) is 9.02. The van der Waals surface area contributed by atoms with Crippen molar-refractivity contribution in [2.75, 3.05) is 6.54 Å². The monoisotopic (exact) mass is 361 g/mol. The molecule has 2 amide bonds. The van der Waals surface area contributed by atoms with E-state index in [1.54, 1.807) is 0 Å². The van der Waals surface area contributed by atoms with Gasteiger partial charge in [0.1, 0.15) is 10.1 Å². The van der Waals surface area contributed by atoms with Crippen molar-refractivity contribution in [3.63, 3.8) is 0 Å². The lowest BCUT2D eigenvalue weighted by atomic mass is 10.1. The average molecular weight is 361 g/mol. The van der Waals surface area contributed by atoms with E-state index in [-0.39, 0.29) is 5.91 Å². The van der Waals surface area contributed by atoms with Gasteiger partial charge in [0.15, 0.2) is 0 Å². The Bertz CT molecular complexity index is 461. The van der Waals surface area contributed by atoms with Gasteiger partial charge in [0.05, 0.1) is 0 Å². The average Bonchev–Trinajstić information content (AvgIpc) is 2.54. The number of unbranched alkanes of at least 4 members (excludes halogenated alkanes) is 5. The molecule has 0 unspecified atom stereocenters. The van der Waals surface area contributed by atoms with Gasteiger partial charge in [-0.3, -0.25) is 9.59 Å². The van der Waals surface area contributed by atoms with Crippen LogP contribution in [0, 0.1) is 0 Å². The Hall–Kier alpha value is -1.93. The highest BCUT2D eigenvalue weighted by atomic mass is 32.2. The van der Waals surface area contributed by atoms with Crippen molar-refractivity contribution in [3.8, 4) is 0 Å². The third-order valence-electron chi connectivity index (χ3n) is 2.42. The number of hydrogen-bond acceptors (Lipinski definition) is 5. The van der Waals surface area contributed by atoms with Crippen molar-refractivity contribution in [1.82, 2.24) is 5.32 Å². The van der Waals surface area contributed by atoms with Gasteiger partial charge in [0.2, 0.25) is 11.8 Å². The Balaban J connectivity index is -0.000000332. The third-order valence-corrected chi connectivity index (χ3v) is 2.83. The van der Waals surface area contributed by atoms with E-state index in [4.69, 9.17) is 0 Å². The maximum Gasteiger partial charge on any atom is 0.243 e. The predicted octanol–water partition coefficient (Wildman–Crippen LogP) is 1.98. The number of amides is 2.